The minimum absolute atomic E-state index is 0.00970. The van der Waals surface area contributed by atoms with Crippen molar-refractivity contribution in [3.05, 3.63) is 58.6 Å². The van der Waals surface area contributed by atoms with E-state index < -0.39 is 12.0 Å². The number of thiocarbonyl (C=S) groups is 1. The van der Waals surface area contributed by atoms with Crippen LogP contribution in [0.25, 0.3) is 0 Å². The highest BCUT2D eigenvalue weighted by atomic mass is 32.1. The summed E-state index contributed by atoms with van der Waals surface area (Å²) in [6, 6.07) is 13.2. The first-order chi connectivity index (χ1) is 10.1. The molecule has 0 spiro atoms. The Balaban J connectivity index is 1.99. The Morgan fingerprint density at radius 3 is 2.52 bits per heavy atom. The molecule has 2 aromatic carbocycles. The molecular formula is C13H10BN3O3S. The quantitative estimate of drug-likeness (QED) is 0.379. The molecule has 2 aromatic rings. The van der Waals surface area contributed by atoms with E-state index in [2.05, 4.69) is 5.32 Å². The van der Waals surface area contributed by atoms with Gasteiger partial charge < -0.3 is 15.2 Å². The standard InChI is InChI=1S/C13H10BN3O3S/c18-14-11-3-1-2-4-12(11)15-13(21)16(14)9-5-7-10(8-6-9)17(19)20/h1-8,18H,(H,15,21). The van der Waals surface area contributed by atoms with Crippen molar-refractivity contribution < 1.29 is 9.95 Å². The van der Waals surface area contributed by atoms with Gasteiger partial charge in [0.25, 0.3) is 5.69 Å². The number of hydrogen-bond donors (Lipinski definition) is 2. The molecule has 0 amide bonds. The van der Waals surface area contributed by atoms with Crippen LogP contribution < -0.4 is 15.6 Å². The molecule has 2 N–H and O–H groups in total. The zero-order chi connectivity index (χ0) is 15.0. The van der Waals surface area contributed by atoms with Gasteiger partial charge in [0.1, 0.15) is 0 Å². The maximum Gasteiger partial charge on any atom is 0.457 e. The Kier molecular flexibility index (Phi) is 3.32. The molecule has 1 heterocycles. The summed E-state index contributed by atoms with van der Waals surface area (Å²) in [6.07, 6.45) is 0. The van der Waals surface area contributed by atoms with Gasteiger partial charge in [0.05, 0.1) is 4.92 Å². The van der Waals surface area contributed by atoms with Crippen molar-refractivity contribution in [3.8, 4) is 0 Å². The Labute approximate surface area is 126 Å². The van der Waals surface area contributed by atoms with Gasteiger partial charge in [-0.2, -0.15) is 0 Å². The predicted octanol–water partition coefficient (Wildman–Crippen LogP) is 1.50. The molecule has 8 heteroatoms. The molecule has 0 radical (unpaired) electrons. The number of benzene rings is 2. The molecule has 0 saturated heterocycles. The van der Waals surface area contributed by atoms with E-state index in [0.29, 0.717) is 16.3 Å². The molecule has 0 saturated carbocycles. The number of para-hydroxylation sites is 1. The molecule has 0 bridgehead atoms. The number of fused-ring (bicyclic) bond motifs is 1. The average Bonchev–Trinajstić information content (AvgIpc) is 2.48. The lowest BCUT2D eigenvalue weighted by Crippen LogP contribution is -2.58. The lowest BCUT2D eigenvalue weighted by molar-refractivity contribution is -0.384. The van der Waals surface area contributed by atoms with Crippen LogP contribution in [0.3, 0.4) is 0 Å². The number of anilines is 2. The number of nitrogens with zero attached hydrogens (tertiary/aromatic N) is 2. The first-order valence-corrected chi connectivity index (χ1v) is 6.60. The molecule has 0 fully saturated rings. The fourth-order valence-electron chi connectivity index (χ4n) is 2.25. The summed E-state index contributed by atoms with van der Waals surface area (Å²) in [5.41, 5.74) is 2.03. The Morgan fingerprint density at radius 1 is 1.19 bits per heavy atom. The number of non-ortho nitro benzene ring substituents is 1. The van der Waals surface area contributed by atoms with E-state index in [1.165, 1.54) is 16.9 Å². The highest BCUT2D eigenvalue weighted by Crippen LogP contribution is 2.24. The van der Waals surface area contributed by atoms with E-state index in [1.807, 2.05) is 18.2 Å². The van der Waals surface area contributed by atoms with Gasteiger partial charge in [-0.05, 0) is 35.9 Å². The second-order valence-electron chi connectivity index (χ2n) is 4.53. The van der Waals surface area contributed by atoms with Crippen molar-refractivity contribution in [2.45, 2.75) is 0 Å². The number of hydrogen-bond acceptors (Lipinski definition) is 4. The van der Waals surface area contributed by atoms with E-state index in [9.17, 15) is 15.1 Å². The summed E-state index contributed by atoms with van der Waals surface area (Å²) in [4.78, 5) is 11.7. The lowest BCUT2D eigenvalue weighted by Gasteiger charge is -2.34. The number of nitro groups is 1. The van der Waals surface area contributed by atoms with Gasteiger partial charge in [-0.25, -0.2) is 0 Å². The molecule has 3 rings (SSSR count). The van der Waals surface area contributed by atoms with Crippen LogP contribution in [0.1, 0.15) is 0 Å². The van der Waals surface area contributed by atoms with Crippen LogP contribution in [0, 0.1) is 10.1 Å². The van der Waals surface area contributed by atoms with Crippen LogP contribution in [0.15, 0.2) is 48.5 Å². The lowest BCUT2D eigenvalue weighted by atomic mass is 9.69. The molecule has 0 atom stereocenters. The van der Waals surface area contributed by atoms with Gasteiger partial charge in [0.2, 0.25) is 0 Å². The van der Waals surface area contributed by atoms with Crippen molar-refractivity contribution >= 4 is 46.9 Å². The number of nitro benzene ring substituents is 1. The molecule has 1 aliphatic rings. The topological polar surface area (TPSA) is 78.6 Å². The summed E-state index contributed by atoms with van der Waals surface area (Å²) in [5.74, 6) is 0. The van der Waals surface area contributed by atoms with E-state index in [1.54, 1.807) is 18.2 Å². The monoisotopic (exact) mass is 299 g/mol. The second-order valence-corrected chi connectivity index (χ2v) is 4.92. The first kappa shape index (κ1) is 13.5. The van der Waals surface area contributed by atoms with Crippen molar-refractivity contribution in [1.82, 2.24) is 0 Å². The zero-order valence-corrected chi connectivity index (χ0v) is 11.6. The summed E-state index contributed by atoms with van der Waals surface area (Å²) in [7, 11) is -0.934. The van der Waals surface area contributed by atoms with Gasteiger partial charge >= 0.3 is 7.05 Å². The van der Waals surface area contributed by atoms with Crippen LogP contribution in [0.5, 0.6) is 0 Å². The van der Waals surface area contributed by atoms with Crippen LogP contribution in [0.2, 0.25) is 0 Å². The van der Waals surface area contributed by atoms with Crippen molar-refractivity contribution in [2.24, 2.45) is 0 Å². The zero-order valence-electron chi connectivity index (χ0n) is 10.8. The summed E-state index contributed by atoms with van der Waals surface area (Å²) in [6.45, 7) is 0. The van der Waals surface area contributed by atoms with E-state index in [4.69, 9.17) is 12.2 Å². The predicted molar refractivity (Wildman–Crippen MR) is 85.8 cm³/mol. The Morgan fingerprint density at radius 2 is 1.86 bits per heavy atom. The maximum atomic E-state index is 10.7. The second kappa shape index (κ2) is 5.15. The molecular weight excluding hydrogens is 289 g/mol. The number of nitrogens with one attached hydrogen (secondary N) is 1. The maximum absolute atomic E-state index is 10.7. The van der Waals surface area contributed by atoms with E-state index >= 15 is 0 Å². The largest absolute Gasteiger partial charge is 0.457 e. The molecule has 0 unspecified atom stereocenters. The SMILES string of the molecule is O=[N+]([O-])c1ccc(N2B(O)c3ccccc3NC2=S)cc1. The van der Waals surface area contributed by atoms with Gasteiger partial charge in [-0.1, -0.05) is 18.2 Å². The summed E-state index contributed by atoms with van der Waals surface area (Å²) < 4.78 is 0. The van der Waals surface area contributed by atoms with Crippen molar-refractivity contribution in [3.63, 3.8) is 0 Å². The van der Waals surface area contributed by atoms with Crippen LogP contribution in [-0.4, -0.2) is 22.1 Å². The van der Waals surface area contributed by atoms with E-state index in [0.717, 1.165) is 5.69 Å². The smallest absolute Gasteiger partial charge is 0.428 e. The van der Waals surface area contributed by atoms with Crippen molar-refractivity contribution in [2.75, 3.05) is 10.1 Å². The molecule has 6 nitrogen and oxygen atoms in total. The Hall–Kier alpha value is -2.45. The third-order valence-corrected chi connectivity index (χ3v) is 3.58. The normalized spacial score (nSPS) is 13.7. The fraction of sp³-hybridized carbons (Fsp3) is 0. The highest BCUT2D eigenvalue weighted by molar-refractivity contribution is 7.81. The molecule has 104 valence electrons. The van der Waals surface area contributed by atoms with Gasteiger partial charge in [0.15, 0.2) is 5.11 Å². The fourth-order valence-corrected chi connectivity index (χ4v) is 2.57. The molecule has 0 aliphatic carbocycles. The third-order valence-electron chi connectivity index (χ3n) is 3.28. The van der Waals surface area contributed by atoms with Crippen LogP contribution in [0.4, 0.5) is 17.1 Å². The average molecular weight is 299 g/mol. The molecule has 1 aliphatic heterocycles. The molecule has 0 aromatic heterocycles. The third kappa shape index (κ3) is 2.35. The highest BCUT2D eigenvalue weighted by Gasteiger charge is 2.34. The van der Waals surface area contributed by atoms with Crippen LogP contribution >= 0.6 is 12.2 Å². The molecule has 21 heavy (non-hydrogen) atoms. The van der Waals surface area contributed by atoms with Gasteiger partial charge in [-0.3, -0.25) is 10.1 Å². The summed E-state index contributed by atoms with van der Waals surface area (Å²) >= 11 is 5.27. The van der Waals surface area contributed by atoms with Gasteiger partial charge in [0, 0.05) is 23.5 Å². The Bertz CT molecular complexity index is 723. The van der Waals surface area contributed by atoms with Crippen LogP contribution in [-0.2, 0) is 0 Å². The van der Waals surface area contributed by atoms with E-state index in [-0.39, 0.29) is 5.69 Å². The first-order valence-electron chi connectivity index (χ1n) is 6.19. The van der Waals surface area contributed by atoms with Gasteiger partial charge in [-0.15, -0.1) is 0 Å². The minimum atomic E-state index is -0.934. The minimum Gasteiger partial charge on any atom is -0.428 e. The summed E-state index contributed by atoms with van der Waals surface area (Å²) in [5, 5.41) is 24.6. The number of rotatable bonds is 2. The van der Waals surface area contributed by atoms with Crippen molar-refractivity contribution in [1.29, 1.82) is 0 Å².